The van der Waals surface area contributed by atoms with Crippen molar-refractivity contribution in [2.45, 2.75) is 44.6 Å². The molecule has 2 aromatic carbocycles. The lowest BCUT2D eigenvalue weighted by atomic mass is 10.1. The van der Waals surface area contributed by atoms with Crippen LogP contribution in [0, 0.1) is 6.92 Å². The first-order valence-corrected chi connectivity index (χ1v) is 12.6. The summed E-state index contributed by atoms with van der Waals surface area (Å²) in [5.74, 6) is 1.14. The van der Waals surface area contributed by atoms with Gasteiger partial charge >= 0.3 is 0 Å². The molecule has 32 heavy (non-hydrogen) atoms. The number of hydrogen-bond donors (Lipinski definition) is 0. The maximum atomic E-state index is 13.4. The third-order valence-electron chi connectivity index (χ3n) is 6.05. The van der Waals surface area contributed by atoms with Crippen LogP contribution in [0.2, 0.25) is 0 Å². The van der Waals surface area contributed by atoms with E-state index in [4.69, 9.17) is 9.47 Å². The molecule has 0 aromatic heterocycles. The van der Waals surface area contributed by atoms with Crippen molar-refractivity contribution in [3.05, 3.63) is 53.1 Å². The number of piperidine rings is 1. The second-order valence-corrected chi connectivity index (χ2v) is 10.1. The van der Waals surface area contributed by atoms with Crippen LogP contribution in [-0.4, -0.2) is 56.4 Å². The van der Waals surface area contributed by atoms with Crippen molar-refractivity contribution in [1.82, 2.24) is 9.21 Å². The highest BCUT2D eigenvalue weighted by Crippen LogP contribution is 2.34. The predicted octanol–water partition coefficient (Wildman–Crippen LogP) is 3.60. The first kappa shape index (κ1) is 22.6. The lowest BCUT2D eigenvalue weighted by Crippen LogP contribution is -2.36. The third kappa shape index (κ3) is 4.47. The van der Waals surface area contributed by atoms with Crippen LogP contribution in [0.4, 0.5) is 0 Å². The summed E-state index contributed by atoms with van der Waals surface area (Å²) in [6.45, 7) is 6.55. The molecule has 0 spiro atoms. The minimum absolute atomic E-state index is 0.211. The molecular formula is C24H30N2O5S. The van der Waals surface area contributed by atoms with Gasteiger partial charge in [0.2, 0.25) is 10.0 Å². The molecular weight excluding hydrogens is 428 g/mol. The van der Waals surface area contributed by atoms with Crippen LogP contribution < -0.4 is 9.47 Å². The van der Waals surface area contributed by atoms with Gasteiger partial charge in [0.15, 0.2) is 11.5 Å². The Hall–Kier alpha value is -2.58. The Balaban J connectivity index is 1.60. The highest BCUT2D eigenvalue weighted by Gasteiger charge is 2.29. The van der Waals surface area contributed by atoms with E-state index in [-0.39, 0.29) is 10.8 Å². The van der Waals surface area contributed by atoms with Gasteiger partial charge in [0, 0.05) is 37.3 Å². The fourth-order valence-corrected chi connectivity index (χ4v) is 6.00. The lowest BCUT2D eigenvalue weighted by molar-refractivity contribution is 0.0749. The molecule has 8 heteroatoms. The predicted molar refractivity (Wildman–Crippen MR) is 122 cm³/mol. The van der Waals surface area contributed by atoms with E-state index in [0.29, 0.717) is 62.0 Å². The summed E-state index contributed by atoms with van der Waals surface area (Å²) in [5.41, 5.74) is 1.89. The molecule has 0 saturated carbocycles. The van der Waals surface area contributed by atoms with Crippen LogP contribution in [0.3, 0.4) is 0 Å². The molecule has 2 aromatic rings. The maximum absolute atomic E-state index is 13.4. The summed E-state index contributed by atoms with van der Waals surface area (Å²) < 4.78 is 39.5. The highest BCUT2D eigenvalue weighted by atomic mass is 32.2. The Morgan fingerprint density at radius 1 is 1.06 bits per heavy atom. The van der Waals surface area contributed by atoms with E-state index >= 15 is 0 Å². The standard InChI is InChI=1S/C24H30N2O5S/c1-3-25(17-20-8-7-9-21-23(20)31-15-14-30-21)24(27)19-11-10-18(2)22(16-19)32(28,29)26-12-5-4-6-13-26/h7-11,16H,3-6,12-15,17H2,1-2H3. The molecule has 2 heterocycles. The van der Waals surface area contributed by atoms with Crippen molar-refractivity contribution in [1.29, 1.82) is 0 Å². The molecule has 1 amide bonds. The molecule has 2 aliphatic heterocycles. The molecule has 0 bridgehead atoms. The van der Waals surface area contributed by atoms with E-state index in [9.17, 15) is 13.2 Å². The first-order valence-electron chi connectivity index (χ1n) is 11.2. The molecule has 1 saturated heterocycles. The summed E-state index contributed by atoms with van der Waals surface area (Å²) in [4.78, 5) is 15.3. The van der Waals surface area contributed by atoms with Gasteiger partial charge in [-0.1, -0.05) is 24.6 Å². The van der Waals surface area contributed by atoms with Crippen molar-refractivity contribution in [3.63, 3.8) is 0 Å². The number of hydrogen-bond acceptors (Lipinski definition) is 5. The van der Waals surface area contributed by atoms with Crippen LogP contribution in [0.1, 0.15) is 47.7 Å². The van der Waals surface area contributed by atoms with Gasteiger partial charge in [-0.15, -0.1) is 0 Å². The first-order chi connectivity index (χ1) is 15.4. The van der Waals surface area contributed by atoms with E-state index in [1.165, 1.54) is 10.4 Å². The topological polar surface area (TPSA) is 76.1 Å². The van der Waals surface area contributed by atoms with Crippen LogP contribution in [0.5, 0.6) is 11.5 Å². The number of benzene rings is 2. The summed E-state index contributed by atoms with van der Waals surface area (Å²) in [5, 5.41) is 0. The zero-order valence-electron chi connectivity index (χ0n) is 18.7. The zero-order valence-corrected chi connectivity index (χ0v) is 19.5. The molecule has 0 atom stereocenters. The molecule has 172 valence electrons. The highest BCUT2D eigenvalue weighted by molar-refractivity contribution is 7.89. The Morgan fingerprint density at radius 2 is 1.81 bits per heavy atom. The van der Waals surface area contributed by atoms with Crippen LogP contribution in [0.15, 0.2) is 41.3 Å². The summed E-state index contributed by atoms with van der Waals surface area (Å²) in [6.07, 6.45) is 2.79. The number of aryl methyl sites for hydroxylation is 1. The molecule has 2 aliphatic rings. The van der Waals surface area contributed by atoms with Crippen LogP contribution in [-0.2, 0) is 16.6 Å². The second kappa shape index (κ2) is 9.50. The fraction of sp³-hybridized carbons (Fsp3) is 0.458. The van der Waals surface area contributed by atoms with Gasteiger partial charge in [-0.05, 0) is 50.5 Å². The van der Waals surface area contributed by atoms with E-state index in [1.54, 1.807) is 24.0 Å². The number of ether oxygens (including phenoxy) is 2. The van der Waals surface area contributed by atoms with Gasteiger partial charge in [-0.3, -0.25) is 4.79 Å². The largest absolute Gasteiger partial charge is 0.486 e. The molecule has 4 rings (SSSR count). The Morgan fingerprint density at radius 3 is 2.56 bits per heavy atom. The molecule has 1 fully saturated rings. The average molecular weight is 459 g/mol. The maximum Gasteiger partial charge on any atom is 0.254 e. The van der Waals surface area contributed by atoms with Gasteiger partial charge in [0.1, 0.15) is 13.2 Å². The normalized spacial score (nSPS) is 16.6. The monoisotopic (exact) mass is 458 g/mol. The number of sulfonamides is 1. The zero-order chi connectivity index (χ0) is 22.7. The van der Waals surface area contributed by atoms with Gasteiger partial charge in [0.25, 0.3) is 5.91 Å². The van der Waals surface area contributed by atoms with E-state index in [0.717, 1.165) is 24.8 Å². The number of nitrogens with zero attached hydrogens (tertiary/aromatic N) is 2. The van der Waals surface area contributed by atoms with Crippen molar-refractivity contribution in [2.24, 2.45) is 0 Å². The fourth-order valence-electron chi connectivity index (χ4n) is 4.23. The number of fused-ring (bicyclic) bond motifs is 1. The lowest BCUT2D eigenvalue weighted by Gasteiger charge is -2.27. The summed E-state index contributed by atoms with van der Waals surface area (Å²) >= 11 is 0. The van der Waals surface area contributed by atoms with E-state index < -0.39 is 10.0 Å². The third-order valence-corrected chi connectivity index (χ3v) is 8.09. The van der Waals surface area contributed by atoms with Crippen LogP contribution >= 0.6 is 0 Å². The van der Waals surface area contributed by atoms with Crippen molar-refractivity contribution < 1.29 is 22.7 Å². The number of rotatable bonds is 6. The molecule has 0 radical (unpaired) electrons. The van der Waals surface area contributed by atoms with Crippen molar-refractivity contribution >= 4 is 15.9 Å². The quantitative estimate of drug-likeness (QED) is 0.661. The SMILES string of the molecule is CCN(Cc1cccc2c1OCCO2)C(=O)c1ccc(C)c(S(=O)(=O)N2CCCCC2)c1. The Labute approximate surface area is 190 Å². The Bertz CT molecular complexity index is 1090. The minimum Gasteiger partial charge on any atom is -0.486 e. The van der Waals surface area contributed by atoms with Crippen molar-refractivity contribution in [3.8, 4) is 11.5 Å². The molecule has 0 N–H and O–H groups in total. The molecule has 7 nitrogen and oxygen atoms in total. The van der Waals surface area contributed by atoms with E-state index in [1.807, 2.05) is 25.1 Å². The van der Waals surface area contributed by atoms with Crippen LogP contribution in [0.25, 0.3) is 0 Å². The number of carbonyl (C=O) groups excluding carboxylic acids is 1. The van der Waals surface area contributed by atoms with Gasteiger partial charge in [-0.2, -0.15) is 4.31 Å². The van der Waals surface area contributed by atoms with Gasteiger partial charge < -0.3 is 14.4 Å². The van der Waals surface area contributed by atoms with E-state index in [2.05, 4.69) is 0 Å². The number of carbonyl (C=O) groups is 1. The summed E-state index contributed by atoms with van der Waals surface area (Å²) in [7, 11) is -3.63. The smallest absolute Gasteiger partial charge is 0.254 e. The second-order valence-electron chi connectivity index (χ2n) is 8.21. The average Bonchev–Trinajstić information content (AvgIpc) is 2.83. The minimum atomic E-state index is -3.63. The number of amides is 1. The molecule has 0 unspecified atom stereocenters. The van der Waals surface area contributed by atoms with Gasteiger partial charge in [-0.25, -0.2) is 8.42 Å². The Kier molecular flexibility index (Phi) is 6.71. The number of para-hydroxylation sites is 1. The molecule has 0 aliphatic carbocycles. The van der Waals surface area contributed by atoms with Crippen molar-refractivity contribution in [2.75, 3.05) is 32.8 Å². The summed E-state index contributed by atoms with van der Waals surface area (Å²) in [6, 6.07) is 10.6. The van der Waals surface area contributed by atoms with Gasteiger partial charge in [0.05, 0.1) is 4.90 Å².